The number of nitrogens with zero attached hydrogens (tertiary/aromatic N) is 1. The van der Waals surface area contributed by atoms with Gasteiger partial charge in [0.1, 0.15) is 5.75 Å². The molecule has 3 rings (SSSR count). The van der Waals surface area contributed by atoms with E-state index >= 15 is 0 Å². The van der Waals surface area contributed by atoms with E-state index in [1.807, 2.05) is 18.2 Å². The van der Waals surface area contributed by atoms with Crippen LogP contribution in [0.15, 0.2) is 54.6 Å². The Morgan fingerprint density at radius 1 is 0.929 bits per heavy atom. The Bertz CT molecular complexity index is 760. The van der Waals surface area contributed by atoms with Crippen molar-refractivity contribution in [3.8, 4) is 5.75 Å². The summed E-state index contributed by atoms with van der Waals surface area (Å²) in [7, 11) is 0. The summed E-state index contributed by atoms with van der Waals surface area (Å²) in [6, 6.07) is 17.6. The molecular formula is C23H29NO4. The van der Waals surface area contributed by atoms with Gasteiger partial charge in [-0.15, -0.1) is 0 Å². The number of carbonyl (C=O) groups is 1. The largest absolute Gasteiger partial charge is 0.426 e. The maximum absolute atomic E-state index is 11.7. The first kappa shape index (κ1) is 20.4. The molecule has 0 aromatic heterocycles. The molecular weight excluding hydrogens is 354 g/mol. The van der Waals surface area contributed by atoms with E-state index in [1.165, 1.54) is 11.3 Å². The summed E-state index contributed by atoms with van der Waals surface area (Å²) in [6.07, 6.45) is 0.231. The van der Waals surface area contributed by atoms with E-state index in [9.17, 15) is 4.79 Å². The molecule has 0 radical (unpaired) electrons. The fraction of sp³-hybridized carbons (Fsp3) is 0.435. The minimum absolute atomic E-state index is 0.175. The number of esters is 1. The van der Waals surface area contributed by atoms with Gasteiger partial charge in [-0.3, -0.25) is 4.79 Å². The number of hydrogen-bond donors (Lipinski definition) is 0. The molecule has 1 aliphatic heterocycles. The van der Waals surface area contributed by atoms with Gasteiger partial charge in [-0.2, -0.15) is 0 Å². The van der Waals surface area contributed by atoms with Crippen molar-refractivity contribution < 1.29 is 19.0 Å². The highest BCUT2D eigenvalue weighted by Gasteiger charge is 2.34. The Morgan fingerprint density at radius 3 is 2.39 bits per heavy atom. The molecule has 150 valence electrons. The first-order valence-corrected chi connectivity index (χ1v) is 9.82. The van der Waals surface area contributed by atoms with E-state index in [1.54, 1.807) is 12.1 Å². The van der Waals surface area contributed by atoms with Crippen molar-refractivity contribution in [3.63, 3.8) is 0 Å². The maximum Gasteiger partial charge on any atom is 0.313 e. The van der Waals surface area contributed by atoms with Crippen molar-refractivity contribution in [1.82, 2.24) is 0 Å². The van der Waals surface area contributed by atoms with Crippen molar-refractivity contribution in [2.75, 3.05) is 44.4 Å². The van der Waals surface area contributed by atoms with E-state index in [0.29, 0.717) is 32.2 Å². The van der Waals surface area contributed by atoms with Gasteiger partial charge in [-0.05, 0) is 23.8 Å². The van der Waals surface area contributed by atoms with Crippen LogP contribution >= 0.6 is 0 Å². The monoisotopic (exact) mass is 383 g/mol. The molecule has 0 unspecified atom stereocenters. The zero-order valence-corrected chi connectivity index (χ0v) is 16.7. The minimum atomic E-state index is -0.289. The molecule has 0 N–H and O–H groups in total. The number of fused-ring (bicyclic) bond motifs is 1. The van der Waals surface area contributed by atoms with Crippen LogP contribution in [-0.2, 0) is 19.7 Å². The van der Waals surface area contributed by atoms with E-state index in [-0.39, 0.29) is 17.8 Å². The smallest absolute Gasteiger partial charge is 0.313 e. The molecule has 2 aromatic carbocycles. The van der Waals surface area contributed by atoms with Crippen LogP contribution in [-0.4, -0.2) is 45.5 Å². The molecule has 0 saturated carbocycles. The molecule has 5 nitrogen and oxygen atoms in total. The van der Waals surface area contributed by atoms with Gasteiger partial charge in [-0.1, -0.05) is 50.2 Å². The molecule has 0 spiro atoms. The molecule has 2 aromatic rings. The standard InChI is InChI=1S/C23H29NO4/c1-23(2)18-24(21-11-7-6-10-20(21)23)13-15-27-17-16-26-14-12-22(25)28-19-8-4-3-5-9-19/h3-11H,12-18H2,1-2H3. The zero-order chi connectivity index (χ0) is 19.8. The van der Waals surface area contributed by atoms with Crippen molar-refractivity contribution >= 4 is 11.7 Å². The summed E-state index contributed by atoms with van der Waals surface area (Å²) >= 11 is 0. The predicted molar refractivity (Wildman–Crippen MR) is 110 cm³/mol. The van der Waals surface area contributed by atoms with Crippen LogP contribution in [0, 0.1) is 0 Å². The summed E-state index contributed by atoms with van der Waals surface area (Å²) in [5, 5.41) is 0. The van der Waals surface area contributed by atoms with Gasteiger partial charge in [0.25, 0.3) is 0 Å². The highest BCUT2D eigenvalue weighted by atomic mass is 16.5. The predicted octanol–water partition coefficient (Wildman–Crippen LogP) is 3.81. The summed E-state index contributed by atoms with van der Waals surface area (Å²) in [6.45, 7) is 8.42. The Kier molecular flexibility index (Phi) is 7.06. The highest BCUT2D eigenvalue weighted by Crippen LogP contribution is 2.39. The Morgan fingerprint density at radius 2 is 1.61 bits per heavy atom. The molecule has 0 saturated heterocycles. The van der Waals surface area contributed by atoms with Crippen molar-refractivity contribution in [2.45, 2.75) is 25.7 Å². The normalized spacial score (nSPS) is 14.7. The van der Waals surface area contributed by atoms with Crippen molar-refractivity contribution in [1.29, 1.82) is 0 Å². The number of ether oxygens (including phenoxy) is 3. The van der Waals surface area contributed by atoms with Crippen LogP contribution in [0.25, 0.3) is 0 Å². The average molecular weight is 383 g/mol. The number of rotatable bonds is 10. The lowest BCUT2D eigenvalue weighted by molar-refractivity contribution is -0.135. The van der Waals surface area contributed by atoms with Crippen molar-refractivity contribution in [2.24, 2.45) is 0 Å². The fourth-order valence-electron chi connectivity index (χ4n) is 3.49. The van der Waals surface area contributed by atoms with Crippen molar-refractivity contribution in [3.05, 3.63) is 60.2 Å². The third-order valence-corrected chi connectivity index (χ3v) is 4.86. The van der Waals surface area contributed by atoms with Gasteiger partial charge < -0.3 is 19.1 Å². The van der Waals surface area contributed by atoms with E-state index < -0.39 is 0 Å². The maximum atomic E-state index is 11.7. The number of carbonyl (C=O) groups excluding carboxylic acids is 1. The van der Waals surface area contributed by atoms with E-state index in [0.717, 1.165) is 13.1 Å². The summed E-state index contributed by atoms with van der Waals surface area (Å²) in [5.74, 6) is 0.268. The lowest BCUT2D eigenvalue weighted by Gasteiger charge is -2.22. The fourth-order valence-corrected chi connectivity index (χ4v) is 3.49. The molecule has 1 heterocycles. The first-order chi connectivity index (χ1) is 13.6. The average Bonchev–Trinajstić information content (AvgIpc) is 2.95. The van der Waals surface area contributed by atoms with Gasteiger partial charge >= 0.3 is 5.97 Å². The van der Waals surface area contributed by atoms with Gasteiger partial charge in [0.05, 0.1) is 32.8 Å². The third kappa shape index (κ3) is 5.57. The highest BCUT2D eigenvalue weighted by molar-refractivity contribution is 5.72. The Hall–Kier alpha value is -2.37. The second-order valence-electron chi connectivity index (χ2n) is 7.58. The van der Waals surface area contributed by atoms with E-state index in [4.69, 9.17) is 14.2 Å². The SMILES string of the molecule is CC1(C)CN(CCOCCOCCC(=O)Oc2ccccc2)c2ccccc21. The molecule has 5 heteroatoms. The number of para-hydroxylation sites is 2. The number of benzene rings is 2. The molecule has 0 amide bonds. The second-order valence-corrected chi connectivity index (χ2v) is 7.58. The first-order valence-electron chi connectivity index (χ1n) is 9.82. The zero-order valence-electron chi connectivity index (χ0n) is 16.7. The minimum Gasteiger partial charge on any atom is -0.426 e. The van der Waals surface area contributed by atoms with Gasteiger partial charge in [-0.25, -0.2) is 0 Å². The Labute approximate surface area is 167 Å². The second kappa shape index (κ2) is 9.71. The Balaban J connectivity index is 1.25. The van der Waals surface area contributed by atoms with Crippen LogP contribution in [0.5, 0.6) is 5.75 Å². The lowest BCUT2D eigenvalue weighted by atomic mass is 9.87. The van der Waals surface area contributed by atoms with Crippen LogP contribution in [0.3, 0.4) is 0 Å². The van der Waals surface area contributed by atoms with Crippen LogP contribution in [0.2, 0.25) is 0 Å². The molecule has 0 fully saturated rings. The molecule has 0 aliphatic carbocycles. The van der Waals surface area contributed by atoms with Gasteiger partial charge in [0, 0.05) is 24.2 Å². The van der Waals surface area contributed by atoms with Gasteiger partial charge in [0.15, 0.2) is 0 Å². The molecule has 28 heavy (non-hydrogen) atoms. The third-order valence-electron chi connectivity index (χ3n) is 4.86. The van der Waals surface area contributed by atoms with Crippen LogP contribution < -0.4 is 9.64 Å². The van der Waals surface area contributed by atoms with Crippen LogP contribution in [0.1, 0.15) is 25.8 Å². The van der Waals surface area contributed by atoms with Gasteiger partial charge in [0.2, 0.25) is 0 Å². The lowest BCUT2D eigenvalue weighted by Crippen LogP contribution is -2.31. The molecule has 0 bridgehead atoms. The summed E-state index contributed by atoms with van der Waals surface area (Å²) < 4.78 is 16.4. The van der Waals surface area contributed by atoms with Crippen LogP contribution in [0.4, 0.5) is 5.69 Å². The van der Waals surface area contributed by atoms with E-state index in [2.05, 4.69) is 43.0 Å². The topological polar surface area (TPSA) is 48.0 Å². The molecule has 1 aliphatic rings. The summed E-state index contributed by atoms with van der Waals surface area (Å²) in [5.41, 5.74) is 2.89. The quantitative estimate of drug-likeness (QED) is 0.355. The summed E-state index contributed by atoms with van der Waals surface area (Å²) in [4.78, 5) is 14.1. The molecule has 0 atom stereocenters. The number of hydrogen-bond acceptors (Lipinski definition) is 5. The number of anilines is 1.